The molecular formula is C10H8N2O3S. The van der Waals surface area contributed by atoms with E-state index in [1.165, 1.54) is 6.08 Å². The molecule has 0 aromatic heterocycles. The molecule has 0 spiro atoms. The number of fused-ring (bicyclic) bond motifs is 1. The van der Waals surface area contributed by atoms with Gasteiger partial charge in [-0.1, -0.05) is 12.2 Å². The summed E-state index contributed by atoms with van der Waals surface area (Å²) in [7, 11) is -4.28. The van der Waals surface area contributed by atoms with Gasteiger partial charge in [-0.25, -0.2) is 0 Å². The van der Waals surface area contributed by atoms with Crippen molar-refractivity contribution in [2.75, 3.05) is 0 Å². The standard InChI is InChI=1S/C10H8N2O3S/c11-12-10-6-8(16(13,14)15)5-7-3-1-2-4-9(7)10/h1-2,4-6H,3H2,(H,13,14,15). The number of nitrogens with zero attached hydrogens (tertiary/aromatic N) is 2. The molecule has 0 heterocycles. The average Bonchev–Trinajstić information content (AvgIpc) is 2.26. The molecule has 0 aromatic carbocycles. The lowest BCUT2D eigenvalue weighted by Gasteiger charge is -2.13. The van der Waals surface area contributed by atoms with Gasteiger partial charge in [-0.05, 0) is 24.1 Å². The van der Waals surface area contributed by atoms with E-state index in [9.17, 15) is 8.42 Å². The third kappa shape index (κ3) is 1.81. The molecule has 0 bridgehead atoms. The second-order valence-corrected chi connectivity index (χ2v) is 4.81. The van der Waals surface area contributed by atoms with E-state index in [0.29, 0.717) is 17.6 Å². The van der Waals surface area contributed by atoms with Crippen LogP contribution < -0.4 is 0 Å². The van der Waals surface area contributed by atoms with Crippen molar-refractivity contribution in [3.8, 4) is 0 Å². The molecule has 0 saturated heterocycles. The molecule has 0 unspecified atom stereocenters. The van der Waals surface area contributed by atoms with E-state index in [-0.39, 0.29) is 10.6 Å². The second kappa shape index (κ2) is 3.68. The van der Waals surface area contributed by atoms with Crippen LogP contribution in [0.1, 0.15) is 6.42 Å². The maximum absolute atomic E-state index is 11.0. The minimum atomic E-state index is -4.28. The zero-order chi connectivity index (χ0) is 11.8. The van der Waals surface area contributed by atoms with Crippen LogP contribution in [0.5, 0.6) is 0 Å². The van der Waals surface area contributed by atoms with Crippen LogP contribution in [0.4, 0.5) is 0 Å². The molecule has 2 aliphatic carbocycles. The van der Waals surface area contributed by atoms with Crippen LogP contribution in [-0.2, 0) is 10.1 Å². The highest BCUT2D eigenvalue weighted by atomic mass is 32.2. The summed E-state index contributed by atoms with van der Waals surface area (Å²) in [6.07, 6.45) is 8.41. The molecule has 0 fully saturated rings. The molecule has 0 aliphatic heterocycles. The van der Waals surface area contributed by atoms with Crippen molar-refractivity contribution >= 4 is 15.8 Å². The molecule has 2 rings (SSSR count). The van der Waals surface area contributed by atoms with Crippen molar-refractivity contribution in [1.82, 2.24) is 0 Å². The normalized spacial score (nSPS) is 19.3. The van der Waals surface area contributed by atoms with Crippen molar-refractivity contribution < 1.29 is 17.8 Å². The SMILES string of the molecule is [N-]=[N+]=C1C=C(S(=O)(=O)O)C=C2CC=CC=C21. The highest BCUT2D eigenvalue weighted by Gasteiger charge is 2.27. The molecule has 5 nitrogen and oxygen atoms in total. The van der Waals surface area contributed by atoms with E-state index in [1.807, 2.05) is 6.08 Å². The second-order valence-electron chi connectivity index (χ2n) is 3.39. The Morgan fingerprint density at radius 1 is 1.38 bits per heavy atom. The minimum absolute atomic E-state index is 0.134. The number of allylic oxidation sites excluding steroid dienone is 7. The van der Waals surface area contributed by atoms with Crippen molar-refractivity contribution in [3.63, 3.8) is 0 Å². The first-order valence-electron chi connectivity index (χ1n) is 4.52. The molecule has 6 heteroatoms. The van der Waals surface area contributed by atoms with Crippen LogP contribution in [0, 0.1) is 0 Å². The number of hydrogen-bond donors (Lipinski definition) is 1. The van der Waals surface area contributed by atoms with Crippen molar-refractivity contribution in [2.45, 2.75) is 6.42 Å². The lowest BCUT2D eigenvalue weighted by Crippen LogP contribution is -2.14. The summed E-state index contributed by atoms with van der Waals surface area (Å²) < 4.78 is 30.9. The van der Waals surface area contributed by atoms with Gasteiger partial charge in [-0.15, -0.1) is 0 Å². The first kappa shape index (κ1) is 10.8. The van der Waals surface area contributed by atoms with Gasteiger partial charge in [-0.3, -0.25) is 4.55 Å². The predicted octanol–water partition coefficient (Wildman–Crippen LogP) is 1.26. The average molecular weight is 236 g/mol. The summed E-state index contributed by atoms with van der Waals surface area (Å²) >= 11 is 0. The van der Waals surface area contributed by atoms with E-state index < -0.39 is 10.1 Å². The quantitative estimate of drug-likeness (QED) is 0.422. The maximum atomic E-state index is 11.0. The summed E-state index contributed by atoms with van der Waals surface area (Å²) in [5, 5.41) is 0. The van der Waals surface area contributed by atoms with Crippen molar-refractivity contribution in [2.24, 2.45) is 0 Å². The Morgan fingerprint density at radius 2 is 2.12 bits per heavy atom. The van der Waals surface area contributed by atoms with Gasteiger partial charge < -0.3 is 5.53 Å². The zero-order valence-electron chi connectivity index (χ0n) is 8.16. The number of rotatable bonds is 1. The maximum Gasteiger partial charge on any atom is 0.324 e. The molecule has 1 N–H and O–H groups in total. The van der Waals surface area contributed by atoms with Gasteiger partial charge in [0.15, 0.2) is 0 Å². The molecule has 16 heavy (non-hydrogen) atoms. The van der Waals surface area contributed by atoms with Crippen molar-refractivity contribution in [1.29, 1.82) is 0 Å². The molecule has 0 amide bonds. The van der Waals surface area contributed by atoms with Gasteiger partial charge in [0.2, 0.25) is 0 Å². The van der Waals surface area contributed by atoms with E-state index >= 15 is 0 Å². The summed E-state index contributed by atoms with van der Waals surface area (Å²) in [4.78, 5) is 2.76. The molecule has 0 saturated carbocycles. The van der Waals surface area contributed by atoms with Crippen LogP contribution in [0.3, 0.4) is 0 Å². The molecule has 0 radical (unpaired) electrons. The first-order valence-corrected chi connectivity index (χ1v) is 5.96. The van der Waals surface area contributed by atoms with E-state index in [1.54, 1.807) is 12.2 Å². The van der Waals surface area contributed by atoms with Crippen LogP contribution in [0.25, 0.3) is 5.53 Å². The topological polar surface area (TPSA) is 90.8 Å². The van der Waals surface area contributed by atoms with Gasteiger partial charge in [0.25, 0.3) is 10.1 Å². The van der Waals surface area contributed by atoms with Gasteiger partial charge in [0, 0.05) is 6.08 Å². The third-order valence-electron chi connectivity index (χ3n) is 2.36. The Labute approximate surface area is 92.5 Å². The summed E-state index contributed by atoms with van der Waals surface area (Å²) in [5.41, 5.74) is 10.3. The van der Waals surface area contributed by atoms with Gasteiger partial charge in [0.05, 0.1) is 5.57 Å². The van der Waals surface area contributed by atoms with Gasteiger partial charge in [-0.2, -0.15) is 13.2 Å². The van der Waals surface area contributed by atoms with E-state index in [4.69, 9.17) is 10.1 Å². The smallest absolute Gasteiger partial charge is 0.324 e. The highest BCUT2D eigenvalue weighted by Crippen LogP contribution is 2.28. The van der Waals surface area contributed by atoms with Crippen molar-refractivity contribution in [3.05, 3.63) is 52.0 Å². The Balaban J connectivity index is 2.63. The molecule has 82 valence electrons. The Kier molecular flexibility index (Phi) is 2.47. The van der Waals surface area contributed by atoms with Crippen LogP contribution in [-0.4, -0.2) is 23.5 Å². The van der Waals surface area contributed by atoms with Crippen LogP contribution in [0.15, 0.2) is 46.4 Å². The van der Waals surface area contributed by atoms with E-state index in [2.05, 4.69) is 4.79 Å². The molecule has 0 aromatic rings. The fourth-order valence-corrected chi connectivity index (χ4v) is 2.17. The fraction of sp³-hybridized carbons (Fsp3) is 0.100. The Morgan fingerprint density at radius 3 is 2.75 bits per heavy atom. The minimum Gasteiger partial charge on any atom is -0.361 e. The predicted molar refractivity (Wildman–Crippen MR) is 58.2 cm³/mol. The monoisotopic (exact) mass is 236 g/mol. The Bertz CT molecular complexity index is 614. The lowest BCUT2D eigenvalue weighted by molar-refractivity contribution is -0.00243. The highest BCUT2D eigenvalue weighted by molar-refractivity contribution is 7.90. The molecule has 0 atom stereocenters. The van der Waals surface area contributed by atoms with E-state index in [0.717, 1.165) is 6.08 Å². The zero-order valence-corrected chi connectivity index (χ0v) is 8.98. The summed E-state index contributed by atoms with van der Waals surface area (Å²) in [5.74, 6) is 0. The fourth-order valence-electron chi connectivity index (χ4n) is 1.62. The summed E-state index contributed by atoms with van der Waals surface area (Å²) in [6, 6.07) is 0. The molecule has 2 aliphatic rings. The van der Waals surface area contributed by atoms with Gasteiger partial charge in [0.1, 0.15) is 4.91 Å². The summed E-state index contributed by atoms with van der Waals surface area (Å²) in [6.45, 7) is 0. The lowest BCUT2D eigenvalue weighted by atomic mass is 9.90. The largest absolute Gasteiger partial charge is 0.361 e. The number of hydrogen-bond acceptors (Lipinski definition) is 2. The van der Waals surface area contributed by atoms with Crippen LogP contribution in [0.2, 0.25) is 0 Å². The van der Waals surface area contributed by atoms with Gasteiger partial charge >= 0.3 is 5.71 Å². The molecular weight excluding hydrogens is 228 g/mol. The van der Waals surface area contributed by atoms with Crippen LogP contribution >= 0.6 is 0 Å². The third-order valence-corrected chi connectivity index (χ3v) is 3.19. The Hall–Kier alpha value is -1.75. The first-order chi connectivity index (χ1) is 7.52.